The molecule has 2 heterocycles. The first-order valence-electron chi connectivity index (χ1n) is 9.63. The molecule has 4 rings (SSSR count). The Bertz CT molecular complexity index is 794. The number of nitrogens with one attached hydrogen (secondary N) is 1. The first-order chi connectivity index (χ1) is 11.8. The van der Waals surface area contributed by atoms with E-state index < -0.39 is 0 Å². The summed E-state index contributed by atoms with van der Waals surface area (Å²) in [6.45, 7) is 3.19. The van der Waals surface area contributed by atoms with Crippen LogP contribution in [0, 0.1) is 11.3 Å². The Morgan fingerprint density at radius 3 is 2.80 bits per heavy atom. The molecule has 0 amide bonds. The van der Waals surface area contributed by atoms with Gasteiger partial charge in [-0.1, -0.05) is 50.0 Å². The average molecular weight is 338 g/mol. The van der Waals surface area contributed by atoms with Crippen molar-refractivity contribution in [3.63, 3.8) is 0 Å². The van der Waals surface area contributed by atoms with Gasteiger partial charge in [-0.05, 0) is 49.7 Å². The second kappa shape index (κ2) is 7.57. The number of rotatable bonds is 5. The van der Waals surface area contributed by atoms with Crippen molar-refractivity contribution in [2.75, 3.05) is 0 Å². The van der Waals surface area contributed by atoms with Crippen molar-refractivity contribution in [1.82, 2.24) is 4.57 Å². The lowest BCUT2D eigenvalue weighted by molar-refractivity contribution is 0.506. The van der Waals surface area contributed by atoms with E-state index in [1.54, 1.807) is 0 Å². The number of allylic oxidation sites excluding steroid dienone is 2. The molecule has 1 fully saturated rings. The second-order valence-corrected chi connectivity index (χ2v) is 7.53. The SMILES string of the molecule is C/C=C(/CCC1CCCC1)C(=N)c1cn2c3c(cccc13)CCC2.O. The fraction of sp³-hybridized carbons (Fsp3) is 0.500. The molecule has 1 aromatic carbocycles. The number of nitrogens with zero attached hydrogens (tertiary/aromatic N) is 1. The molecular weight excluding hydrogens is 308 g/mol. The van der Waals surface area contributed by atoms with Crippen LogP contribution in [-0.2, 0) is 13.0 Å². The monoisotopic (exact) mass is 338 g/mol. The smallest absolute Gasteiger partial charge is 0.0662 e. The van der Waals surface area contributed by atoms with Gasteiger partial charge in [-0.15, -0.1) is 0 Å². The Hall–Kier alpha value is -1.87. The lowest BCUT2D eigenvalue weighted by Crippen LogP contribution is -2.06. The summed E-state index contributed by atoms with van der Waals surface area (Å²) in [6, 6.07) is 6.62. The molecule has 0 saturated heterocycles. The quantitative estimate of drug-likeness (QED) is 0.742. The van der Waals surface area contributed by atoms with Gasteiger partial charge in [0.2, 0.25) is 0 Å². The first kappa shape index (κ1) is 17.9. The summed E-state index contributed by atoms with van der Waals surface area (Å²) in [5.74, 6) is 0.891. The molecule has 0 spiro atoms. The van der Waals surface area contributed by atoms with Crippen molar-refractivity contribution in [3.8, 4) is 0 Å². The van der Waals surface area contributed by atoms with Gasteiger partial charge in [-0.3, -0.25) is 5.41 Å². The number of hydrogen-bond acceptors (Lipinski definition) is 1. The minimum Gasteiger partial charge on any atom is -0.412 e. The summed E-state index contributed by atoms with van der Waals surface area (Å²) in [6.07, 6.45) is 14.7. The van der Waals surface area contributed by atoms with E-state index in [9.17, 15) is 0 Å². The third-order valence-corrected chi connectivity index (χ3v) is 6.06. The zero-order valence-corrected chi connectivity index (χ0v) is 15.3. The molecule has 25 heavy (non-hydrogen) atoms. The van der Waals surface area contributed by atoms with Crippen LogP contribution in [-0.4, -0.2) is 15.8 Å². The van der Waals surface area contributed by atoms with Crippen LogP contribution < -0.4 is 0 Å². The van der Waals surface area contributed by atoms with Crippen molar-refractivity contribution in [3.05, 3.63) is 47.2 Å². The molecule has 2 aromatic rings. The summed E-state index contributed by atoms with van der Waals surface area (Å²) in [4.78, 5) is 0. The van der Waals surface area contributed by atoms with E-state index in [4.69, 9.17) is 5.41 Å². The zero-order chi connectivity index (χ0) is 16.5. The lowest BCUT2D eigenvalue weighted by atomic mass is 9.92. The molecule has 1 aromatic heterocycles. The lowest BCUT2D eigenvalue weighted by Gasteiger charge is -2.14. The van der Waals surface area contributed by atoms with Gasteiger partial charge in [-0.25, -0.2) is 0 Å². The number of aryl methyl sites for hydroxylation is 2. The Labute approximate surface area is 150 Å². The molecule has 0 unspecified atom stereocenters. The summed E-state index contributed by atoms with van der Waals surface area (Å²) >= 11 is 0. The normalized spacial score (nSPS) is 17.7. The van der Waals surface area contributed by atoms with Crippen LogP contribution in [0.5, 0.6) is 0 Å². The number of hydrogen-bond donors (Lipinski definition) is 1. The van der Waals surface area contributed by atoms with Gasteiger partial charge in [0.1, 0.15) is 0 Å². The molecule has 1 saturated carbocycles. The summed E-state index contributed by atoms with van der Waals surface area (Å²) in [5.41, 5.74) is 5.93. The van der Waals surface area contributed by atoms with Crippen LogP contribution in [0.25, 0.3) is 10.9 Å². The molecule has 0 bridgehead atoms. The molecule has 2 aliphatic rings. The van der Waals surface area contributed by atoms with E-state index in [1.165, 1.54) is 67.0 Å². The molecule has 1 aliphatic heterocycles. The largest absolute Gasteiger partial charge is 0.412 e. The third-order valence-electron chi connectivity index (χ3n) is 6.06. The summed E-state index contributed by atoms with van der Waals surface area (Å²) in [5, 5.41) is 10.1. The van der Waals surface area contributed by atoms with Crippen molar-refractivity contribution < 1.29 is 5.48 Å². The molecule has 3 N–H and O–H groups in total. The summed E-state index contributed by atoms with van der Waals surface area (Å²) < 4.78 is 2.38. The highest BCUT2D eigenvalue weighted by molar-refractivity contribution is 6.18. The van der Waals surface area contributed by atoms with Crippen LogP contribution in [0.4, 0.5) is 0 Å². The molecule has 1 aliphatic carbocycles. The Morgan fingerprint density at radius 1 is 1.24 bits per heavy atom. The van der Waals surface area contributed by atoms with E-state index in [1.807, 2.05) is 0 Å². The van der Waals surface area contributed by atoms with E-state index in [2.05, 4.69) is 42.0 Å². The maximum absolute atomic E-state index is 8.84. The van der Waals surface area contributed by atoms with Crippen molar-refractivity contribution >= 4 is 16.6 Å². The Morgan fingerprint density at radius 2 is 2.04 bits per heavy atom. The fourth-order valence-electron chi connectivity index (χ4n) is 4.70. The minimum absolute atomic E-state index is 0. The second-order valence-electron chi connectivity index (χ2n) is 7.53. The van der Waals surface area contributed by atoms with Gasteiger partial charge in [-0.2, -0.15) is 0 Å². The highest BCUT2D eigenvalue weighted by atomic mass is 16.0. The van der Waals surface area contributed by atoms with E-state index in [0.717, 1.165) is 30.2 Å². The molecule has 134 valence electrons. The van der Waals surface area contributed by atoms with E-state index in [-0.39, 0.29) is 5.48 Å². The Balaban J connectivity index is 0.00000182. The van der Waals surface area contributed by atoms with Crippen LogP contribution >= 0.6 is 0 Å². The summed E-state index contributed by atoms with van der Waals surface area (Å²) in [7, 11) is 0. The van der Waals surface area contributed by atoms with Crippen molar-refractivity contribution in [1.29, 1.82) is 5.41 Å². The number of aromatic nitrogens is 1. The van der Waals surface area contributed by atoms with Crippen LogP contribution in [0.1, 0.15) is 63.0 Å². The molecular formula is C22H30N2O. The average Bonchev–Trinajstić information content (AvgIpc) is 3.25. The van der Waals surface area contributed by atoms with Gasteiger partial charge in [0.15, 0.2) is 0 Å². The topological polar surface area (TPSA) is 60.3 Å². The standard InChI is InChI=1S/C22H28N2.H2O/c1-2-17(13-12-16-7-3-4-8-16)21(23)20-15-24-14-6-10-18-9-5-11-19(20)22(18)24;/h2,5,9,11,15-16,23H,3-4,6-8,10,12-14H2,1H3;1H2/b17-2-,23-21?;. The minimum atomic E-state index is 0. The van der Waals surface area contributed by atoms with Crippen molar-refractivity contribution in [2.45, 2.75) is 64.8 Å². The highest BCUT2D eigenvalue weighted by Gasteiger charge is 2.21. The number of para-hydroxylation sites is 1. The van der Waals surface area contributed by atoms with Crippen LogP contribution in [0.2, 0.25) is 0 Å². The third kappa shape index (κ3) is 3.30. The van der Waals surface area contributed by atoms with Crippen LogP contribution in [0.3, 0.4) is 0 Å². The fourth-order valence-corrected chi connectivity index (χ4v) is 4.70. The maximum atomic E-state index is 8.84. The molecule has 3 nitrogen and oxygen atoms in total. The van der Waals surface area contributed by atoms with E-state index in [0.29, 0.717) is 0 Å². The van der Waals surface area contributed by atoms with Gasteiger partial charge >= 0.3 is 0 Å². The predicted molar refractivity (Wildman–Crippen MR) is 106 cm³/mol. The molecule has 3 heteroatoms. The van der Waals surface area contributed by atoms with Crippen LogP contribution in [0.15, 0.2) is 36.0 Å². The maximum Gasteiger partial charge on any atom is 0.0662 e. The molecule has 0 atom stereocenters. The van der Waals surface area contributed by atoms with Gasteiger partial charge in [0.25, 0.3) is 0 Å². The van der Waals surface area contributed by atoms with Gasteiger partial charge < -0.3 is 10.0 Å². The van der Waals surface area contributed by atoms with Gasteiger partial charge in [0.05, 0.1) is 11.2 Å². The van der Waals surface area contributed by atoms with Crippen molar-refractivity contribution in [2.24, 2.45) is 5.92 Å². The first-order valence-corrected chi connectivity index (χ1v) is 9.63. The number of benzene rings is 1. The van der Waals surface area contributed by atoms with Gasteiger partial charge in [0, 0.05) is 23.7 Å². The molecule has 0 radical (unpaired) electrons. The highest BCUT2D eigenvalue weighted by Crippen LogP contribution is 2.33. The van der Waals surface area contributed by atoms with E-state index >= 15 is 0 Å². The predicted octanol–water partition coefficient (Wildman–Crippen LogP) is 5.05. The Kier molecular flexibility index (Phi) is 5.43. The zero-order valence-electron chi connectivity index (χ0n) is 15.3.